The minimum Gasteiger partial charge on any atom is -0.469 e. The van der Waals surface area contributed by atoms with E-state index < -0.39 is 0 Å². The number of methoxy groups -OCH3 is 1. The number of hydrogen-bond donors (Lipinski definition) is 2. The summed E-state index contributed by atoms with van der Waals surface area (Å²) in [5.41, 5.74) is 1.27. The highest BCUT2D eigenvalue weighted by Crippen LogP contribution is 2.24. The van der Waals surface area contributed by atoms with E-state index in [0.717, 1.165) is 45.3 Å². The van der Waals surface area contributed by atoms with Crippen LogP contribution in [0.3, 0.4) is 0 Å². The molecule has 0 saturated heterocycles. The third-order valence-electron chi connectivity index (χ3n) is 4.59. The molecule has 2 unspecified atom stereocenters. The van der Waals surface area contributed by atoms with Gasteiger partial charge in [0.15, 0.2) is 0 Å². The van der Waals surface area contributed by atoms with E-state index in [1.54, 1.807) is 0 Å². The highest BCUT2D eigenvalue weighted by atomic mass is 16.5. The number of rotatable bonds is 7. The Morgan fingerprint density at radius 1 is 1.12 bits per heavy atom. The smallest absolute Gasteiger partial charge is 0.308 e. The number of carbonyl (C=O) groups excluding carboxylic acids is 1. The topological polar surface area (TPSA) is 50.4 Å². The number of ether oxygens (including phenoxy) is 1. The Morgan fingerprint density at radius 2 is 1.92 bits per heavy atom. The van der Waals surface area contributed by atoms with Gasteiger partial charge < -0.3 is 15.4 Å². The molecule has 0 spiro atoms. The Kier molecular flexibility index (Phi) is 8.56. The van der Waals surface area contributed by atoms with Crippen molar-refractivity contribution in [2.24, 2.45) is 5.92 Å². The van der Waals surface area contributed by atoms with Crippen LogP contribution in [0.15, 0.2) is 48.1 Å². The minimum absolute atomic E-state index is 0.0491. The molecule has 0 aliphatic heterocycles. The summed E-state index contributed by atoms with van der Waals surface area (Å²) in [6, 6.07) is 0.423. The first kappa shape index (κ1) is 18.7. The SMILES string of the molecule is COC(=O)C1CCCCC(NCCNCC2=C/C=C\C=C/C=C2)C1. The molecule has 2 aliphatic rings. The van der Waals surface area contributed by atoms with Crippen molar-refractivity contribution in [2.75, 3.05) is 26.7 Å². The van der Waals surface area contributed by atoms with E-state index in [1.165, 1.54) is 19.1 Å². The van der Waals surface area contributed by atoms with Crippen molar-refractivity contribution in [1.29, 1.82) is 0 Å². The standard InChI is InChI=1S/C20H30N2O2/c1-24-20(23)18-11-7-8-12-19(15-18)22-14-13-21-16-17-9-5-3-2-4-6-10-17/h2-6,9-10,18-19,21-22H,7-8,11-16H2,1H3/b3-2-,4-2?,5-3?,6-4-,9-5?,10-6?,17-9?,17-10?. The van der Waals surface area contributed by atoms with E-state index in [1.807, 2.05) is 18.2 Å². The van der Waals surface area contributed by atoms with Crippen LogP contribution in [-0.2, 0) is 9.53 Å². The van der Waals surface area contributed by atoms with Crippen molar-refractivity contribution in [2.45, 2.75) is 38.1 Å². The molecule has 2 atom stereocenters. The van der Waals surface area contributed by atoms with Gasteiger partial charge in [0.05, 0.1) is 13.0 Å². The largest absolute Gasteiger partial charge is 0.469 e. The van der Waals surface area contributed by atoms with Gasteiger partial charge >= 0.3 is 5.97 Å². The third-order valence-corrected chi connectivity index (χ3v) is 4.59. The maximum absolute atomic E-state index is 11.8. The maximum Gasteiger partial charge on any atom is 0.308 e. The average molecular weight is 330 g/mol. The molecule has 0 aromatic carbocycles. The molecule has 0 radical (unpaired) electrons. The summed E-state index contributed by atoms with van der Waals surface area (Å²) in [4.78, 5) is 11.8. The van der Waals surface area contributed by atoms with E-state index in [4.69, 9.17) is 4.74 Å². The zero-order valence-electron chi connectivity index (χ0n) is 14.7. The highest BCUT2D eigenvalue weighted by Gasteiger charge is 2.25. The quantitative estimate of drug-likeness (QED) is 0.428. The highest BCUT2D eigenvalue weighted by molar-refractivity contribution is 5.72. The predicted molar refractivity (Wildman–Crippen MR) is 98.8 cm³/mol. The molecule has 0 aromatic rings. The Labute approximate surface area is 145 Å². The van der Waals surface area contributed by atoms with Gasteiger partial charge in [0.1, 0.15) is 0 Å². The van der Waals surface area contributed by atoms with Crippen LogP contribution in [0, 0.1) is 5.92 Å². The lowest BCUT2D eigenvalue weighted by atomic mass is 9.98. The Morgan fingerprint density at radius 3 is 2.79 bits per heavy atom. The maximum atomic E-state index is 11.8. The van der Waals surface area contributed by atoms with Crippen LogP contribution >= 0.6 is 0 Å². The van der Waals surface area contributed by atoms with Gasteiger partial charge in [0.25, 0.3) is 0 Å². The Bertz CT molecular complexity index is 506. The third kappa shape index (κ3) is 6.85. The second-order valence-electron chi connectivity index (χ2n) is 6.44. The number of allylic oxidation sites excluding steroid dienone is 6. The van der Waals surface area contributed by atoms with Gasteiger partial charge in [0, 0.05) is 25.7 Å². The number of esters is 1. The summed E-state index contributed by atoms with van der Waals surface area (Å²) in [7, 11) is 1.49. The summed E-state index contributed by atoms with van der Waals surface area (Å²) in [5.74, 6) is 0.0138. The normalized spacial score (nSPS) is 26.6. The first-order chi connectivity index (χ1) is 11.8. The van der Waals surface area contributed by atoms with Crippen LogP contribution in [0.4, 0.5) is 0 Å². The van der Waals surface area contributed by atoms with Crippen LogP contribution in [-0.4, -0.2) is 38.8 Å². The van der Waals surface area contributed by atoms with Crippen LogP contribution < -0.4 is 10.6 Å². The number of hydrogen-bond acceptors (Lipinski definition) is 4. The molecule has 24 heavy (non-hydrogen) atoms. The second kappa shape index (κ2) is 11.0. The summed E-state index contributed by atoms with van der Waals surface area (Å²) in [6.45, 7) is 2.71. The molecule has 0 aromatic heterocycles. The lowest BCUT2D eigenvalue weighted by molar-refractivity contribution is -0.146. The second-order valence-corrected chi connectivity index (χ2v) is 6.44. The lowest BCUT2D eigenvalue weighted by Crippen LogP contribution is -2.37. The summed E-state index contributed by atoms with van der Waals surface area (Å²) in [6.07, 6.45) is 19.8. The van der Waals surface area contributed by atoms with Crippen molar-refractivity contribution < 1.29 is 9.53 Å². The summed E-state index contributed by atoms with van der Waals surface area (Å²) in [5, 5.41) is 7.07. The molecule has 0 amide bonds. The van der Waals surface area contributed by atoms with Gasteiger partial charge in [-0.05, 0) is 24.8 Å². The van der Waals surface area contributed by atoms with Crippen LogP contribution in [0.2, 0.25) is 0 Å². The van der Waals surface area contributed by atoms with Gasteiger partial charge in [-0.2, -0.15) is 0 Å². The molecule has 1 fully saturated rings. The average Bonchev–Trinajstić information content (AvgIpc) is 2.81. The zero-order valence-corrected chi connectivity index (χ0v) is 14.7. The molecule has 0 bridgehead atoms. The molecule has 132 valence electrons. The van der Waals surface area contributed by atoms with Gasteiger partial charge in [-0.3, -0.25) is 4.79 Å². The Hall–Kier alpha value is -1.65. The predicted octanol–water partition coefficient (Wildman–Crippen LogP) is 2.90. The molecular formula is C20H30N2O2. The van der Waals surface area contributed by atoms with Crippen molar-refractivity contribution in [3.05, 3.63) is 48.1 Å². The molecule has 2 aliphatic carbocycles. The fourth-order valence-electron chi connectivity index (χ4n) is 3.25. The van der Waals surface area contributed by atoms with E-state index in [9.17, 15) is 4.79 Å². The van der Waals surface area contributed by atoms with Crippen molar-refractivity contribution in [3.63, 3.8) is 0 Å². The number of nitrogens with one attached hydrogen (secondary N) is 2. The van der Waals surface area contributed by atoms with Crippen LogP contribution in [0.1, 0.15) is 32.1 Å². The summed E-state index contributed by atoms with van der Waals surface area (Å²) >= 11 is 0. The first-order valence-corrected chi connectivity index (χ1v) is 9.02. The molecule has 4 heteroatoms. The van der Waals surface area contributed by atoms with Gasteiger partial charge in [-0.25, -0.2) is 0 Å². The van der Waals surface area contributed by atoms with E-state index >= 15 is 0 Å². The number of carbonyl (C=O) groups is 1. The molecule has 4 nitrogen and oxygen atoms in total. The van der Waals surface area contributed by atoms with Gasteiger partial charge in [-0.15, -0.1) is 0 Å². The van der Waals surface area contributed by atoms with Gasteiger partial charge in [0.2, 0.25) is 0 Å². The fourth-order valence-corrected chi connectivity index (χ4v) is 3.25. The van der Waals surface area contributed by atoms with Crippen molar-refractivity contribution in [1.82, 2.24) is 10.6 Å². The molecular weight excluding hydrogens is 300 g/mol. The monoisotopic (exact) mass is 330 g/mol. The molecule has 2 N–H and O–H groups in total. The fraction of sp³-hybridized carbons (Fsp3) is 0.550. The van der Waals surface area contributed by atoms with E-state index in [2.05, 4.69) is 34.9 Å². The zero-order chi connectivity index (χ0) is 17.0. The van der Waals surface area contributed by atoms with Crippen LogP contribution in [0.25, 0.3) is 0 Å². The lowest BCUT2D eigenvalue weighted by Gasteiger charge is -2.20. The summed E-state index contributed by atoms with van der Waals surface area (Å²) < 4.78 is 4.92. The van der Waals surface area contributed by atoms with Crippen molar-refractivity contribution >= 4 is 5.97 Å². The van der Waals surface area contributed by atoms with Gasteiger partial charge in [-0.1, -0.05) is 55.4 Å². The first-order valence-electron chi connectivity index (χ1n) is 9.02. The van der Waals surface area contributed by atoms with Crippen LogP contribution in [0.5, 0.6) is 0 Å². The molecule has 2 rings (SSSR count). The minimum atomic E-state index is -0.0491. The molecule has 1 saturated carbocycles. The Balaban J connectivity index is 1.65. The van der Waals surface area contributed by atoms with E-state index in [0.29, 0.717) is 6.04 Å². The molecule has 0 heterocycles. The van der Waals surface area contributed by atoms with E-state index in [-0.39, 0.29) is 11.9 Å². The van der Waals surface area contributed by atoms with Crippen molar-refractivity contribution in [3.8, 4) is 0 Å².